The summed E-state index contributed by atoms with van der Waals surface area (Å²) in [5.41, 5.74) is 2.58. The average molecular weight is 246 g/mol. The molecule has 3 heteroatoms. The summed E-state index contributed by atoms with van der Waals surface area (Å²) in [5, 5.41) is 0.674. The topological polar surface area (TPSA) is 32.9 Å². The Hall–Kier alpha value is -1.72. The van der Waals surface area contributed by atoms with E-state index in [1.54, 1.807) is 6.07 Å². The minimum absolute atomic E-state index is 0.0252. The van der Waals surface area contributed by atoms with E-state index in [0.29, 0.717) is 17.7 Å². The number of aromatic amines is 1. The third-order valence-corrected chi connectivity index (χ3v) is 2.61. The van der Waals surface area contributed by atoms with Crippen LogP contribution >= 0.6 is 11.6 Å². The van der Waals surface area contributed by atoms with E-state index in [4.69, 9.17) is 11.6 Å². The van der Waals surface area contributed by atoms with E-state index in [9.17, 15) is 4.79 Å². The van der Waals surface area contributed by atoms with Gasteiger partial charge in [-0.1, -0.05) is 11.8 Å². The van der Waals surface area contributed by atoms with Crippen molar-refractivity contribution in [3.8, 4) is 11.8 Å². The summed E-state index contributed by atoms with van der Waals surface area (Å²) in [4.78, 5) is 14.9. The lowest BCUT2D eigenvalue weighted by atomic mass is 10.1. The molecule has 0 saturated carbocycles. The molecule has 0 spiro atoms. The zero-order chi connectivity index (χ0) is 12.3. The quantitative estimate of drug-likeness (QED) is 0.608. The van der Waals surface area contributed by atoms with Crippen LogP contribution in [0.5, 0.6) is 0 Å². The number of alkyl halides is 1. The first-order valence-corrected chi connectivity index (χ1v) is 5.92. The zero-order valence-corrected chi connectivity index (χ0v) is 10.3. The van der Waals surface area contributed by atoms with Crippen LogP contribution < -0.4 is 5.43 Å². The van der Waals surface area contributed by atoms with Gasteiger partial charge in [-0.25, -0.2) is 0 Å². The molecule has 0 aliphatic heterocycles. The summed E-state index contributed by atoms with van der Waals surface area (Å²) in [7, 11) is 0. The first-order chi connectivity index (χ1) is 8.20. The van der Waals surface area contributed by atoms with Crippen molar-refractivity contribution >= 4 is 22.5 Å². The van der Waals surface area contributed by atoms with Crippen LogP contribution in [0, 0.1) is 18.8 Å². The number of aryl methyl sites for hydroxylation is 1. The van der Waals surface area contributed by atoms with E-state index in [1.807, 2.05) is 25.1 Å². The fourth-order valence-corrected chi connectivity index (χ4v) is 1.76. The van der Waals surface area contributed by atoms with Gasteiger partial charge in [-0.2, -0.15) is 0 Å². The Balaban J connectivity index is 2.52. The van der Waals surface area contributed by atoms with Gasteiger partial charge in [0.2, 0.25) is 0 Å². The minimum atomic E-state index is 0.0252. The second kappa shape index (κ2) is 5.07. The van der Waals surface area contributed by atoms with Gasteiger partial charge in [-0.15, -0.1) is 11.6 Å². The maximum Gasteiger partial charge on any atom is 0.189 e. The van der Waals surface area contributed by atoms with Crippen LogP contribution in [0.15, 0.2) is 29.1 Å². The van der Waals surface area contributed by atoms with Crippen LogP contribution in [-0.4, -0.2) is 10.9 Å². The minimum Gasteiger partial charge on any atom is -0.358 e. The van der Waals surface area contributed by atoms with Gasteiger partial charge in [0.1, 0.15) is 0 Å². The Morgan fingerprint density at radius 3 is 2.94 bits per heavy atom. The molecular formula is C14H12ClNO. The molecule has 0 fully saturated rings. The number of benzene rings is 1. The molecule has 0 atom stereocenters. The van der Waals surface area contributed by atoms with Crippen molar-refractivity contribution in [2.24, 2.45) is 0 Å². The predicted octanol–water partition coefficient (Wildman–Crippen LogP) is 2.82. The molecule has 86 valence electrons. The molecule has 0 saturated heterocycles. The number of H-pyrrole nitrogens is 1. The molecule has 1 aromatic carbocycles. The Morgan fingerprint density at radius 1 is 1.35 bits per heavy atom. The molecule has 1 aromatic heterocycles. The van der Waals surface area contributed by atoms with E-state index in [2.05, 4.69) is 16.8 Å². The van der Waals surface area contributed by atoms with Crippen molar-refractivity contribution in [3.63, 3.8) is 0 Å². The highest BCUT2D eigenvalue weighted by Crippen LogP contribution is 2.10. The van der Waals surface area contributed by atoms with Crippen LogP contribution in [0.1, 0.15) is 17.7 Å². The van der Waals surface area contributed by atoms with Crippen molar-refractivity contribution in [1.82, 2.24) is 4.98 Å². The van der Waals surface area contributed by atoms with Crippen LogP contribution in [-0.2, 0) is 0 Å². The summed E-state index contributed by atoms with van der Waals surface area (Å²) in [6, 6.07) is 7.19. The van der Waals surface area contributed by atoms with Crippen molar-refractivity contribution < 1.29 is 0 Å². The van der Waals surface area contributed by atoms with E-state index < -0.39 is 0 Å². The molecule has 2 rings (SSSR count). The van der Waals surface area contributed by atoms with Crippen molar-refractivity contribution in [3.05, 3.63) is 45.7 Å². The van der Waals surface area contributed by atoms with Gasteiger partial charge in [0.25, 0.3) is 0 Å². The van der Waals surface area contributed by atoms with E-state index in [1.165, 1.54) is 0 Å². The number of fused-ring (bicyclic) bond motifs is 1. The Kier molecular flexibility index (Phi) is 3.51. The van der Waals surface area contributed by atoms with Gasteiger partial charge in [0.05, 0.1) is 0 Å². The first-order valence-electron chi connectivity index (χ1n) is 5.39. The molecular weight excluding hydrogens is 234 g/mol. The molecule has 1 N–H and O–H groups in total. The third-order valence-electron chi connectivity index (χ3n) is 2.42. The Morgan fingerprint density at radius 2 is 2.18 bits per heavy atom. The molecule has 0 aliphatic carbocycles. The standard InChI is InChI=1S/C14H12ClNO/c1-10-8-14(17)12-9-11(4-2-3-7-15)5-6-13(12)16-10/h5-6,8-9H,3,7H2,1H3,(H,16,17). The summed E-state index contributed by atoms with van der Waals surface area (Å²) in [6.07, 6.45) is 0.657. The van der Waals surface area contributed by atoms with Crippen LogP contribution in [0.3, 0.4) is 0 Å². The lowest BCUT2D eigenvalue weighted by molar-refractivity contribution is 1.24. The summed E-state index contributed by atoms with van der Waals surface area (Å²) in [5.74, 6) is 6.47. The van der Waals surface area contributed by atoms with Crippen molar-refractivity contribution in [2.75, 3.05) is 5.88 Å². The molecule has 2 aromatic rings. The Bertz CT molecular complexity index is 661. The van der Waals surface area contributed by atoms with Gasteiger partial charge >= 0.3 is 0 Å². The number of hydrogen-bond donors (Lipinski definition) is 1. The fraction of sp³-hybridized carbons (Fsp3) is 0.214. The van der Waals surface area contributed by atoms with Crippen LogP contribution in [0.2, 0.25) is 0 Å². The highest BCUT2D eigenvalue weighted by Gasteiger charge is 2.00. The zero-order valence-electron chi connectivity index (χ0n) is 9.51. The predicted molar refractivity (Wildman–Crippen MR) is 71.5 cm³/mol. The summed E-state index contributed by atoms with van der Waals surface area (Å²) < 4.78 is 0. The number of hydrogen-bond acceptors (Lipinski definition) is 1. The molecule has 2 nitrogen and oxygen atoms in total. The summed E-state index contributed by atoms with van der Waals surface area (Å²) >= 11 is 5.55. The number of rotatable bonds is 1. The molecule has 0 unspecified atom stereocenters. The smallest absolute Gasteiger partial charge is 0.189 e. The van der Waals surface area contributed by atoms with Crippen LogP contribution in [0.25, 0.3) is 10.9 Å². The van der Waals surface area contributed by atoms with E-state index in [-0.39, 0.29) is 5.43 Å². The molecule has 17 heavy (non-hydrogen) atoms. The van der Waals surface area contributed by atoms with Gasteiger partial charge in [-0.3, -0.25) is 4.79 Å². The van der Waals surface area contributed by atoms with Gasteiger partial charge in [0, 0.05) is 40.5 Å². The molecule has 0 aliphatic rings. The summed E-state index contributed by atoms with van der Waals surface area (Å²) in [6.45, 7) is 1.87. The maximum absolute atomic E-state index is 11.8. The lowest BCUT2D eigenvalue weighted by Gasteiger charge is -2.00. The van der Waals surface area contributed by atoms with Gasteiger partial charge < -0.3 is 4.98 Å². The maximum atomic E-state index is 11.8. The molecule has 0 bridgehead atoms. The van der Waals surface area contributed by atoms with E-state index >= 15 is 0 Å². The number of halogens is 1. The largest absolute Gasteiger partial charge is 0.358 e. The van der Waals surface area contributed by atoms with E-state index in [0.717, 1.165) is 16.8 Å². The normalized spacial score (nSPS) is 10.0. The van der Waals surface area contributed by atoms with Gasteiger partial charge in [0.15, 0.2) is 5.43 Å². The fourth-order valence-electron chi connectivity index (χ4n) is 1.67. The monoisotopic (exact) mass is 245 g/mol. The number of aromatic nitrogens is 1. The number of pyridine rings is 1. The highest BCUT2D eigenvalue weighted by molar-refractivity contribution is 6.18. The molecule has 0 amide bonds. The Labute approximate surface area is 105 Å². The van der Waals surface area contributed by atoms with Crippen molar-refractivity contribution in [1.29, 1.82) is 0 Å². The molecule has 0 radical (unpaired) electrons. The highest BCUT2D eigenvalue weighted by atomic mass is 35.5. The second-order valence-corrected chi connectivity index (χ2v) is 4.20. The van der Waals surface area contributed by atoms with Crippen LogP contribution in [0.4, 0.5) is 0 Å². The first kappa shape index (κ1) is 11.8. The van der Waals surface area contributed by atoms with Gasteiger partial charge in [-0.05, 0) is 25.1 Å². The third kappa shape index (κ3) is 2.69. The van der Waals surface area contributed by atoms with Crippen molar-refractivity contribution in [2.45, 2.75) is 13.3 Å². The second-order valence-electron chi connectivity index (χ2n) is 3.82. The average Bonchev–Trinajstić information content (AvgIpc) is 2.30. The SMILES string of the molecule is Cc1cc(=O)c2cc(C#CCCCl)ccc2[nH]1. The molecule has 1 heterocycles. The lowest BCUT2D eigenvalue weighted by Crippen LogP contribution is -2.02. The number of nitrogens with one attached hydrogen (secondary N) is 1.